The molecular weight excluding hydrogens is 262 g/mol. The first-order chi connectivity index (χ1) is 9.10. The van der Waals surface area contributed by atoms with Gasteiger partial charge < -0.3 is 10.4 Å². The van der Waals surface area contributed by atoms with E-state index in [0.29, 0.717) is 25.3 Å². The lowest BCUT2D eigenvalue weighted by atomic mass is 9.95. The molecule has 19 heavy (non-hydrogen) atoms. The van der Waals surface area contributed by atoms with Crippen LogP contribution in [0.4, 0.5) is 0 Å². The summed E-state index contributed by atoms with van der Waals surface area (Å²) in [5.74, 6) is 0.276. The minimum Gasteiger partial charge on any atom is -0.481 e. The summed E-state index contributed by atoms with van der Waals surface area (Å²) < 4.78 is 0. The topological polar surface area (TPSA) is 66.4 Å². The summed E-state index contributed by atoms with van der Waals surface area (Å²) in [7, 11) is 0. The molecule has 2 N–H and O–H groups in total. The van der Waals surface area contributed by atoms with E-state index in [1.165, 1.54) is 0 Å². The smallest absolute Gasteiger partial charge is 0.307 e. The van der Waals surface area contributed by atoms with E-state index in [1.807, 2.05) is 6.08 Å². The van der Waals surface area contributed by atoms with Crippen LogP contribution in [0.15, 0.2) is 12.7 Å². The highest BCUT2D eigenvalue weighted by Gasteiger charge is 2.41. The SMILES string of the molecule is C=CCSCCNC(=O)[C@H]1CC(CC)C[C@H]1C(=O)O. The van der Waals surface area contributed by atoms with Crippen LogP contribution >= 0.6 is 11.8 Å². The van der Waals surface area contributed by atoms with Gasteiger partial charge in [-0.05, 0) is 18.8 Å². The Morgan fingerprint density at radius 2 is 2.11 bits per heavy atom. The third-order valence-electron chi connectivity index (χ3n) is 3.67. The van der Waals surface area contributed by atoms with E-state index in [0.717, 1.165) is 17.9 Å². The summed E-state index contributed by atoms with van der Waals surface area (Å²) in [4.78, 5) is 23.2. The molecule has 1 fully saturated rings. The van der Waals surface area contributed by atoms with Crippen molar-refractivity contribution in [3.63, 3.8) is 0 Å². The van der Waals surface area contributed by atoms with E-state index in [9.17, 15) is 14.7 Å². The predicted molar refractivity (Wildman–Crippen MR) is 78.2 cm³/mol. The molecule has 1 amide bonds. The lowest BCUT2D eigenvalue weighted by Crippen LogP contribution is -2.36. The van der Waals surface area contributed by atoms with Crippen molar-refractivity contribution in [2.24, 2.45) is 17.8 Å². The summed E-state index contributed by atoms with van der Waals surface area (Å²) in [6.07, 6.45) is 4.12. The fraction of sp³-hybridized carbons (Fsp3) is 0.714. The zero-order valence-corrected chi connectivity index (χ0v) is 12.2. The number of carboxylic acids is 1. The second kappa shape index (κ2) is 8.25. The number of carbonyl (C=O) groups is 2. The molecule has 1 aliphatic carbocycles. The second-order valence-electron chi connectivity index (χ2n) is 4.95. The zero-order valence-electron chi connectivity index (χ0n) is 11.4. The molecule has 1 rings (SSSR count). The van der Waals surface area contributed by atoms with E-state index in [2.05, 4.69) is 18.8 Å². The van der Waals surface area contributed by atoms with E-state index in [1.54, 1.807) is 11.8 Å². The molecule has 108 valence electrons. The molecule has 3 atom stereocenters. The van der Waals surface area contributed by atoms with E-state index < -0.39 is 11.9 Å². The minimum atomic E-state index is -0.836. The van der Waals surface area contributed by atoms with E-state index in [-0.39, 0.29) is 11.8 Å². The highest BCUT2D eigenvalue weighted by Crippen LogP contribution is 2.38. The van der Waals surface area contributed by atoms with Crippen molar-refractivity contribution in [1.29, 1.82) is 0 Å². The molecule has 0 aliphatic heterocycles. The summed E-state index contributed by atoms with van der Waals surface area (Å²) >= 11 is 1.70. The van der Waals surface area contributed by atoms with Gasteiger partial charge in [0.25, 0.3) is 0 Å². The van der Waals surface area contributed by atoms with Gasteiger partial charge in [-0.25, -0.2) is 0 Å². The summed E-state index contributed by atoms with van der Waals surface area (Å²) in [6, 6.07) is 0. The predicted octanol–water partition coefficient (Wildman–Crippen LogP) is 2.16. The number of aliphatic carboxylic acids is 1. The van der Waals surface area contributed by atoms with Gasteiger partial charge in [0.15, 0.2) is 0 Å². The monoisotopic (exact) mass is 285 g/mol. The van der Waals surface area contributed by atoms with Gasteiger partial charge in [0, 0.05) is 18.1 Å². The highest BCUT2D eigenvalue weighted by atomic mass is 32.2. The average molecular weight is 285 g/mol. The van der Waals surface area contributed by atoms with Gasteiger partial charge in [-0.1, -0.05) is 19.4 Å². The molecule has 0 aromatic heterocycles. The van der Waals surface area contributed by atoms with Crippen molar-refractivity contribution in [3.05, 3.63) is 12.7 Å². The molecule has 0 aromatic carbocycles. The fourth-order valence-corrected chi connectivity index (χ4v) is 3.16. The largest absolute Gasteiger partial charge is 0.481 e. The number of hydrogen-bond acceptors (Lipinski definition) is 3. The van der Waals surface area contributed by atoms with E-state index in [4.69, 9.17) is 0 Å². The van der Waals surface area contributed by atoms with E-state index >= 15 is 0 Å². The van der Waals surface area contributed by atoms with Crippen LogP contribution in [-0.4, -0.2) is 35.0 Å². The minimum absolute atomic E-state index is 0.0949. The fourth-order valence-electron chi connectivity index (χ4n) is 2.58. The molecule has 0 bridgehead atoms. The number of hydrogen-bond donors (Lipinski definition) is 2. The number of carboxylic acid groups (broad SMARTS) is 1. The van der Waals surface area contributed by atoms with Gasteiger partial charge >= 0.3 is 5.97 Å². The Morgan fingerprint density at radius 3 is 2.68 bits per heavy atom. The average Bonchev–Trinajstić information content (AvgIpc) is 2.82. The Morgan fingerprint density at radius 1 is 1.42 bits per heavy atom. The van der Waals surface area contributed by atoms with Gasteiger partial charge in [-0.3, -0.25) is 9.59 Å². The normalized spacial score (nSPS) is 26.1. The molecule has 0 heterocycles. The number of rotatable bonds is 8. The molecule has 5 heteroatoms. The van der Waals surface area contributed by atoms with Crippen molar-refractivity contribution in [2.75, 3.05) is 18.1 Å². The van der Waals surface area contributed by atoms with Crippen molar-refractivity contribution < 1.29 is 14.7 Å². The standard InChI is InChI=1S/C14H23NO3S/c1-3-6-19-7-5-15-13(16)11-8-10(4-2)9-12(11)14(17)18/h3,10-12H,1,4-9H2,2H3,(H,15,16)(H,17,18)/t10?,11-,12+/m0/s1. The van der Waals surface area contributed by atoms with Gasteiger partial charge in [-0.15, -0.1) is 6.58 Å². The first-order valence-corrected chi connectivity index (χ1v) is 7.94. The van der Waals surface area contributed by atoms with Crippen LogP contribution in [-0.2, 0) is 9.59 Å². The summed E-state index contributed by atoms with van der Waals surface area (Å²) in [5, 5.41) is 12.0. The first-order valence-electron chi connectivity index (χ1n) is 6.79. The van der Waals surface area contributed by atoms with Crippen LogP contribution in [0.3, 0.4) is 0 Å². The number of nitrogens with one attached hydrogen (secondary N) is 1. The van der Waals surface area contributed by atoms with Crippen molar-refractivity contribution in [2.45, 2.75) is 26.2 Å². The van der Waals surface area contributed by atoms with Crippen molar-refractivity contribution >= 4 is 23.6 Å². The lowest BCUT2D eigenvalue weighted by Gasteiger charge is -2.15. The quantitative estimate of drug-likeness (QED) is 0.530. The molecule has 4 nitrogen and oxygen atoms in total. The Hall–Kier alpha value is -0.970. The van der Waals surface area contributed by atoms with Crippen LogP contribution < -0.4 is 5.32 Å². The van der Waals surface area contributed by atoms with Crippen LogP contribution in [0.5, 0.6) is 0 Å². The Kier molecular flexibility index (Phi) is 6.99. The molecule has 0 spiro atoms. The van der Waals surface area contributed by atoms with Gasteiger partial charge in [0.05, 0.1) is 11.8 Å². The number of amides is 1. The highest BCUT2D eigenvalue weighted by molar-refractivity contribution is 7.99. The third kappa shape index (κ3) is 4.90. The van der Waals surface area contributed by atoms with Gasteiger partial charge in [0.2, 0.25) is 5.91 Å². The number of carbonyl (C=O) groups excluding carboxylic acids is 1. The first kappa shape index (κ1) is 16.1. The van der Waals surface area contributed by atoms with Crippen molar-refractivity contribution in [3.8, 4) is 0 Å². The second-order valence-corrected chi connectivity index (χ2v) is 6.10. The molecule has 0 saturated heterocycles. The third-order valence-corrected chi connectivity index (χ3v) is 4.64. The number of thioether (sulfide) groups is 1. The summed E-state index contributed by atoms with van der Waals surface area (Å²) in [6.45, 7) is 6.28. The molecule has 1 unspecified atom stereocenters. The maximum Gasteiger partial charge on any atom is 0.307 e. The Bertz CT molecular complexity index is 333. The van der Waals surface area contributed by atoms with Crippen LogP contribution in [0, 0.1) is 17.8 Å². The summed E-state index contributed by atoms with van der Waals surface area (Å²) in [5.41, 5.74) is 0. The maximum atomic E-state index is 12.1. The molecule has 1 saturated carbocycles. The van der Waals surface area contributed by atoms with Crippen LogP contribution in [0.1, 0.15) is 26.2 Å². The zero-order chi connectivity index (χ0) is 14.3. The van der Waals surface area contributed by atoms with Crippen LogP contribution in [0.25, 0.3) is 0 Å². The van der Waals surface area contributed by atoms with Gasteiger partial charge in [0.1, 0.15) is 0 Å². The molecular formula is C14H23NO3S. The maximum absolute atomic E-state index is 12.1. The molecule has 1 aliphatic rings. The lowest BCUT2D eigenvalue weighted by molar-refractivity contribution is -0.146. The van der Waals surface area contributed by atoms with Crippen LogP contribution in [0.2, 0.25) is 0 Å². The Balaban J connectivity index is 2.40. The van der Waals surface area contributed by atoms with Gasteiger partial charge in [-0.2, -0.15) is 11.8 Å². The Labute approximate surface area is 119 Å². The molecule has 0 radical (unpaired) electrons. The molecule has 0 aromatic rings. The van der Waals surface area contributed by atoms with Crippen molar-refractivity contribution in [1.82, 2.24) is 5.32 Å².